The van der Waals surface area contributed by atoms with Gasteiger partial charge in [0.25, 0.3) is 0 Å². The van der Waals surface area contributed by atoms with E-state index < -0.39 is 5.60 Å². The molecule has 4 heteroatoms. The first-order valence-electron chi connectivity index (χ1n) is 7.54. The van der Waals surface area contributed by atoms with Crippen LogP contribution in [0.25, 0.3) is 0 Å². The molecule has 2 aromatic rings. The zero-order valence-corrected chi connectivity index (χ0v) is 12.9. The van der Waals surface area contributed by atoms with Gasteiger partial charge in [0.05, 0.1) is 6.20 Å². The van der Waals surface area contributed by atoms with Gasteiger partial charge in [-0.05, 0) is 37.8 Å². The van der Waals surface area contributed by atoms with Gasteiger partial charge in [0.1, 0.15) is 5.60 Å². The van der Waals surface area contributed by atoms with E-state index in [2.05, 4.69) is 30.3 Å². The van der Waals surface area contributed by atoms with Crippen LogP contribution in [0.3, 0.4) is 0 Å². The molecule has 0 amide bonds. The number of aromatic nitrogens is 2. The second-order valence-corrected chi connectivity index (χ2v) is 6.10. The standard InChI is InChI=1S/C17H23N3O/c1-12(15-10-19-20(3)13(15)2)18-11-17(21)9-8-14-6-4-5-7-16(14)17/h4-7,10,12,18,21H,8-9,11H2,1-3H3. The van der Waals surface area contributed by atoms with Crippen molar-refractivity contribution in [2.45, 2.75) is 38.3 Å². The third-order valence-electron chi connectivity index (χ3n) is 4.77. The van der Waals surface area contributed by atoms with Crippen molar-refractivity contribution >= 4 is 0 Å². The average Bonchev–Trinajstić information content (AvgIpc) is 3.00. The molecule has 0 bridgehead atoms. The highest BCUT2D eigenvalue weighted by Crippen LogP contribution is 2.36. The maximum atomic E-state index is 10.9. The lowest BCUT2D eigenvalue weighted by Gasteiger charge is -2.26. The molecule has 2 atom stereocenters. The monoisotopic (exact) mass is 285 g/mol. The molecule has 3 rings (SSSR count). The van der Waals surface area contributed by atoms with Gasteiger partial charge in [-0.3, -0.25) is 4.68 Å². The van der Waals surface area contributed by atoms with Crippen molar-refractivity contribution < 1.29 is 5.11 Å². The van der Waals surface area contributed by atoms with E-state index in [1.165, 1.54) is 11.1 Å². The number of nitrogens with zero attached hydrogens (tertiary/aromatic N) is 2. The molecule has 112 valence electrons. The van der Waals surface area contributed by atoms with Gasteiger partial charge in [-0.15, -0.1) is 0 Å². The van der Waals surface area contributed by atoms with E-state index in [4.69, 9.17) is 0 Å². The van der Waals surface area contributed by atoms with Gasteiger partial charge in [-0.1, -0.05) is 24.3 Å². The van der Waals surface area contributed by atoms with Crippen molar-refractivity contribution in [2.75, 3.05) is 6.54 Å². The molecule has 1 aromatic heterocycles. The molecule has 21 heavy (non-hydrogen) atoms. The predicted molar refractivity (Wildman–Crippen MR) is 83.0 cm³/mol. The van der Waals surface area contributed by atoms with E-state index in [1.807, 2.05) is 36.1 Å². The second-order valence-electron chi connectivity index (χ2n) is 6.10. The summed E-state index contributed by atoms with van der Waals surface area (Å²) >= 11 is 0. The Balaban J connectivity index is 1.72. The van der Waals surface area contributed by atoms with Crippen LogP contribution in [0.15, 0.2) is 30.5 Å². The molecule has 1 aliphatic carbocycles. The van der Waals surface area contributed by atoms with Crippen LogP contribution in [0, 0.1) is 6.92 Å². The Morgan fingerprint density at radius 3 is 2.90 bits per heavy atom. The van der Waals surface area contributed by atoms with Gasteiger partial charge in [-0.25, -0.2) is 0 Å². The topological polar surface area (TPSA) is 50.1 Å². The fourth-order valence-electron chi connectivity index (χ4n) is 3.22. The van der Waals surface area contributed by atoms with Crippen LogP contribution in [-0.4, -0.2) is 21.4 Å². The number of hydrogen-bond donors (Lipinski definition) is 2. The number of benzene rings is 1. The quantitative estimate of drug-likeness (QED) is 0.905. The zero-order chi connectivity index (χ0) is 15.0. The van der Waals surface area contributed by atoms with E-state index >= 15 is 0 Å². The molecule has 1 aromatic carbocycles. The summed E-state index contributed by atoms with van der Waals surface area (Å²) in [6.45, 7) is 4.76. The van der Waals surface area contributed by atoms with Crippen LogP contribution < -0.4 is 5.32 Å². The van der Waals surface area contributed by atoms with Crippen LogP contribution >= 0.6 is 0 Å². The van der Waals surface area contributed by atoms with E-state index in [1.54, 1.807) is 0 Å². The van der Waals surface area contributed by atoms with Gasteiger partial charge >= 0.3 is 0 Å². The fraction of sp³-hybridized carbons (Fsp3) is 0.471. The Kier molecular flexibility index (Phi) is 3.59. The van der Waals surface area contributed by atoms with Crippen LogP contribution in [0.5, 0.6) is 0 Å². The highest BCUT2D eigenvalue weighted by Gasteiger charge is 2.36. The van der Waals surface area contributed by atoms with Crippen LogP contribution in [0.4, 0.5) is 0 Å². The molecule has 1 aliphatic rings. The predicted octanol–water partition coefficient (Wildman–Crippen LogP) is 2.21. The van der Waals surface area contributed by atoms with Gasteiger partial charge in [0, 0.05) is 30.9 Å². The molecule has 0 fully saturated rings. The highest BCUT2D eigenvalue weighted by molar-refractivity contribution is 5.37. The molecule has 0 radical (unpaired) electrons. The summed E-state index contributed by atoms with van der Waals surface area (Å²) in [5.41, 5.74) is 3.95. The maximum Gasteiger partial charge on any atom is 0.103 e. The fourth-order valence-corrected chi connectivity index (χ4v) is 3.22. The van der Waals surface area contributed by atoms with Crippen molar-refractivity contribution in [3.8, 4) is 0 Å². The molecule has 2 N–H and O–H groups in total. The summed E-state index contributed by atoms with van der Waals surface area (Å²) < 4.78 is 1.88. The summed E-state index contributed by atoms with van der Waals surface area (Å²) in [5.74, 6) is 0. The number of aliphatic hydroxyl groups is 1. The van der Waals surface area contributed by atoms with Gasteiger partial charge in [0.2, 0.25) is 0 Å². The van der Waals surface area contributed by atoms with Crippen molar-refractivity contribution in [1.29, 1.82) is 0 Å². The molecule has 0 saturated heterocycles. The number of aryl methyl sites for hydroxylation is 2. The number of hydrogen-bond acceptors (Lipinski definition) is 3. The van der Waals surface area contributed by atoms with Gasteiger partial charge in [0.15, 0.2) is 0 Å². The normalized spacial score (nSPS) is 22.3. The number of nitrogens with one attached hydrogen (secondary N) is 1. The van der Waals surface area contributed by atoms with Crippen molar-refractivity contribution in [3.63, 3.8) is 0 Å². The molecular formula is C17H23N3O. The summed E-state index contributed by atoms with van der Waals surface area (Å²) in [4.78, 5) is 0. The molecule has 0 saturated carbocycles. The third kappa shape index (κ3) is 2.49. The van der Waals surface area contributed by atoms with Crippen LogP contribution in [0.1, 0.15) is 41.8 Å². The third-order valence-corrected chi connectivity index (χ3v) is 4.77. The van der Waals surface area contributed by atoms with E-state index in [0.717, 1.165) is 24.1 Å². The Morgan fingerprint density at radius 2 is 2.19 bits per heavy atom. The first-order valence-corrected chi connectivity index (χ1v) is 7.54. The second kappa shape index (κ2) is 5.28. The smallest absolute Gasteiger partial charge is 0.103 e. The Hall–Kier alpha value is -1.65. The lowest BCUT2D eigenvalue weighted by atomic mass is 9.95. The summed E-state index contributed by atoms with van der Waals surface area (Å²) in [6.07, 6.45) is 3.65. The Morgan fingerprint density at radius 1 is 1.43 bits per heavy atom. The van der Waals surface area contributed by atoms with Gasteiger partial charge < -0.3 is 10.4 Å². The lowest BCUT2D eigenvalue weighted by Crippen LogP contribution is -2.37. The molecule has 0 aliphatic heterocycles. The Labute approximate surface area is 125 Å². The number of fused-ring (bicyclic) bond motifs is 1. The molecule has 1 heterocycles. The van der Waals surface area contributed by atoms with Crippen LogP contribution in [-0.2, 0) is 19.1 Å². The first-order chi connectivity index (χ1) is 10.0. The first kappa shape index (κ1) is 14.3. The molecule has 4 nitrogen and oxygen atoms in total. The lowest BCUT2D eigenvalue weighted by molar-refractivity contribution is 0.0363. The summed E-state index contributed by atoms with van der Waals surface area (Å²) in [5, 5.41) is 18.7. The van der Waals surface area contributed by atoms with Crippen LogP contribution in [0.2, 0.25) is 0 Å². The zero-order valence-electron chi connectivity index (χ0n) is 12.9. The van der Waals surface area contributed by atoms with Crippen molar-refractivity contribution in [1.82, 2.24) is 15.1 Å². The minimum Gasteiger partial charge on any atom is -0.384 e. The number of rotatable bonds is 4. The minimum absolute atomic E-state index is 0.176. The SMILES string of the molecule is Cc1c(C(C)NCC2(O)CCc3ccccc32)cnn1C. The largest absolute Gasteiger partial charge is 0.384 e. The molecule has 2 unspecified atom stereocenters. The van der Waals surface area contributed by atoms with Crippen molar-refractivity contribution in [2.24, 2.45) is 7.05 Å². The Bertz CT molecular complexity index is 649. The summed E-state index contributed by atoms with van der Waals surface area (Å²) in [6, 6.07) is 8.38. The van der Waals surface area contributed by atoms with Crippen molar-refractivity contribution in [3.05, 3.63) is 52.8 Å². The van der Waals surface area contributed by atoms with E-state index in [0.29, 0.717) is 6.54 Å². The van der Waals surface area contributed by atoms with E-state index in [-0.39, 0.29) is 6.04 Å². The van der Waals surface area contributed by atoms with Gasteiger partial charge in [-0.2, -0.15) is 5.10 Å². The molecule has 0 spiro atoms. The maximum absolute atomic E-state index is 10.9. The average molecular weight is 285 g/mol. The molecular weight excluding hydrogens is 262 g/mol. The summed E-state index contributed by atoms with van der Waals surface area (Å²) in [7, 11) is 1.95. The highest BCUT2D eigenvalue weighted by atomic mass is 16.3. The minimum atomic E-state index is -0.749. The van der Waals surface area contributed by atoms with E-state index in [9.17, 15) is 5.11 Å².